The van der Waals surface area contributed by atoms with Gasteiger partial charge in [0.05, 0.1) is 6.61 Å². The van der Waals surface area contributed by atoms with Crippen molar-refractivity contribution in [3.8, 4) is 0 Å². The van der Waals surface area contributed by atoms with Gasteiger partial charge in [-0.25, -0.2) is 9.78 Å². The molecule has 136 valence electrons. The van der Waals surface area contributed by atoms with Crippen molar-refractivity contribution in [2.75, 3.05) is 35.6 Å². The maximum Gasteiger partial charge on any atom is 0.330 e. The van der Waals surface area contributed by atoms with Crippen molar-refractivity contribution in [1.29, 1.82) is 0 Å². The molecule has 3 N–H and O–H groups in total. The fraction of sp³-hybridized carbons (Fsp3) is 0.300. The Labute approximate surface area is 153 Å². The quantitative estimate of drug-likeness (QED) is 0.473. The third kappa shape index (κ3) is 4.75. The smallest absolute Gasteiger partial charge is 0.330 e. The van der Waals surface area contributed by atoms with E-state index in [0.29, 0.717) is 12.6 Å². The SMILES string of the molecule is CCOC(=O)/C=C/c1ccc(N[C@@H]2CCN(c3ccc(N)cc3)C2)nc1. The molecule has 0 amide bonds. The van der Waals surface area contributed by atoms with E-state index in [1.54, 1.807) is 19.2 Å². The zero-order valence-electron chi connectivity index (χ0n) is 14.9. The van der Waals surface area contributed by atoms with Gasteiger partial charge in [-0.2, -0.15) is 0 Å². The molecule has 1 atom stereocenters. The lowest BCUT2D eigenvalue weighted by Gasteiger charge is -2.19. The second kappa shape index (κ2) is 8.38. The molecule has 26 heavy (non-hydrogen) atoms. The number of nitrogens with two attached hydrogens (primary N) is 1. The van der Waals surface area contributed by atoms with E-state index >= 15 is 0 Å². The Morgan fingerprint density at radius 1 is 1.35 bits per heavy atom. The molecule has 1 saturated heterocycles. The maximum atomic E-state index is 11.3. The zero-order chi connectivity index (χ0) is 18.4. The summed E-state index contributed by atoms with van der Waals surface area (Å²) >= 11 is 0. The van der Waals surface area contributed by atoms with Crippen LogP contribution in [0.2, 0.25) is 0 Å². The molecule has 0 spiro atoms. The Balaban J connectivity index is 1.53. The lowest BCUT2D eigenvalue weighted by Crippen LogP contribution is -2.26. The number of aromatic nitrogens is 1. The van der Waals surface area contributed by atoms with Gasteiger partial charge in [0.2, 0.25) is 0 Å². The summed E-state index contributed by atoms with van der Waals surface area (Å²) in [5.74, 6) is 0.492. The molecule has 1 aromatic carbocycles. The van der Waals surface area contributed by atoms with Crippen LogP contribution in [-0.2, 0) is 9.53 Å². The minimum atomic E-state index is -0.344. The number of esters is 1. The highest BCUT2D eigenvalue weighted by Crippen LogP contribution is 2.23. The monoisotopic (exact) mass is 352 g/mol. The standard InChI is InChI=1S/C20H24N4O2/c1-2-26-20(25)10-4-15-3-9-19(22-13-15)23-17-11-12-24(14-17)18-7-5-16(21)6-8-18/h3-10,13,17H,2,11-12,14,21H2,1H3,(H,22,23)/b10-4+/t17-/m1/s1. The minimum absolute atomic E-state index is 0.344. The predicted octanol–water partition coefficient (Wildman–Crippen LogP) is 2.93. The number of benzene rings is 1. The van der Waals surface area contributed by atoms with Gasteiger partial charge in [-0.05, 0) is 61.4 Å². The fourth-order valence-electron chi connectivity index (χ4n) is 2.95. The summed E-state index contributed by atoms with van der Waals surface area (Å²) in [6.07, 6.45) is 5.91. The Kier molecular flexibility index (Phi) is 5.73. The first kappa shape index (κ1) is 17.8. The number of nitrogens with one attached hydrogen (secondary N) is 1. The molecule has 0 saturated carbocycles. The Bertz CT molecular complexity index is 756. The molecule has 2 heterocycles. The van der Waals surface area contributed by atoms with E-state index in [-0.39, 0.29) is 5.97 Å². The number of hydrogen-bond donors (Lipinski definition) is 2. The number of carbonyl (C=O) groups is 1. The first-order valence-electron chi connectivity index (χ1n) is 8.82. The molecule has 3 rings (SSSR count). The van der Waals surface area contributed by atoms with E-state index in [4.69, 9.17) is 10.5 Å². The Hall–Kier alpha value is -3.02. The van der Waals surface area contributed by atoms with Crippen LogP contribution in [0, 0.1) is 0 Å². The average Bonchev–Trinajstić information content (AvgIpc) is 3.10. The lowest BCUT2D eigenvalue weighted by atomic mass is 10.2. The van der Waals surface area contributed by atoms with Crippen molar-refractivity contribution in [3.05, 3.63) is 54.2 Å². The van der Waals surface area contributed by atoms with Crippen LogP contribution >= 0.6 is 0 Å². The molecule has 1 aromatic heterocycles. The van der Waals surface area contributed by atoms with Gasteiger partial charge >= 0.3 is 5.97 Å². The Morgan fingerprint density at radius 2 is 2.15 bits per heavy atom. The number of rotatable bonds is 6. The number of anilines is 3. The number of carbonyl (C=O) groups excluding carboxylic acids is 1. The van der Waals surface area contributed by atoms with Crippen LogP contribution in [0.1, 0.15) is 18.9 Å². The maximum absolute atomic E-state index is 11.3. The third-order valence-electron chi connectivity index (χ3n) is 4.28. The third-order valence-corrected chi connectivity index (χ3v) is 4.28. The fourth-order valence-corrected chi connectivity index (χ4v) is 2.95. The van der Waals surface area contributed by atoms with Crippen LogP contribution < -0.4 is 16.0 Å². The summed E-state index contributed by atoms with van der Waals surface area (Å²) in [6.45, 7) is 4.09. The topological polar surface area (TPSA) is 80.5 Å². The number of pyridine rings is 1. The normalized spacial score (nSPS) is 16.8. The highest BCUT2D eigenvalue weighted by atomic mass is 16.5. The molecule has 1 fully saturated rings. The van der Waals surface area contributed by atoms with Crippen molar-refractivity contribution in [1.82, 2.24) is 4.98 Å². The van der Waals surface area contributed by atoms with Crippen molar-refractivity contribution in [2.24, 2.45) is 0 Å². The minimum Gasteiger partial charge on any atom is -0.463 e. The summed E-state index contributed by atoms with van der Waals surface area (Å²) < 4.78 is 4.86. The first-order valence-corrected chi connectivity index (χ1v) is 8.82. The largest absolute Gasteiger partial charge is 0.463 e. The highest BCUT2D eigenvalue weighted by molar-refractivity contribution is 5.86. The number of ether oxygens (including phenoxy) is 1. The summed E-state index contributed by atoms with van der Waals surface area (Å²) in [4.78, 5) is 18.1. The molecule has 6 heteroatoms. The zero-order valence-corrected chi connectivity index (χ0v) is 14.9. The summed E-state index contributed by atoms with van der Waals surface area (Å²) in [5, 5.41) is 3.47. The second-order valence-electron chi connectivity index (χ2n) is 6.23. The summed E-state index contributed by atoms with van der Waals surface area (Å²) in [5.41, 5.74) is 8.58. The number of nitrogen functional groups attached to an aromatic ring is 1. The van der Waals surface area contributed by atoms with E-state index in [9.17, 15) is 4.79 Å². The van der Waals surface area contributed by atoms with Crippen molar-refractivity contribution >= 4 is 29.2 Å². The molecule has 1 aliphatic heterocycles. The van der Waals surface area contributed by atoms with Crippen LogP contribution in [0.3, 0.4) is 0 Å². The van der Waals surface area contributed by atoms with E-state index in [1.165, 1.54) is 11.8 Å². The first-order chi connectivity index (χ1) is 12.6. The average molecular weight is 352 g/mol. The molecule has 0 bridgehead atoms. The van der Waals surface area contributed by atoms with Crippen LogP contribution in [-0.4, -0.2) is 36.7 Å². The van der Waals surface area contributed by atoms with E-state index in [2.05, 4.69) is 27.3 Å². The van der Waals surface area contributed by atoms with Crippen LogP contribution in [0.15, 0.2) is 48.7 Å². The summed E-state index contributed by atoms with van der Waals surface area (Å²) in [7, 11) is 0. The van der Waals surface area contributed by atoms with Gasteiger partial charge in [0, 0.05) is 42.8 Å². The van der Waals surface area contributed by atoms with Gasteiger partial charge in [-0.3, -0.25) is 0 Å². The van der Waals surface area contributed by atoms with Crippen LogP contribution in [0.4, 0.5) is 17.2 Å². The van der Waals surface area contributed by atoms with Gasteiger partial charge in [-0.15, -0.1) is 0 Å². The van der Waals surface area contributed by atoms with Crippen LogP contribution in [0.5, 0.6) is 0 Å². The van der Waals surface area contributed by atoms with Crippen molar-refractivity contribution in [2.45, 2.75) is 19.4 Å². The molecule has 0 aliphatic carbocycles. The van der Waals surface area contributed by atoms with Gasteiger partial charge in [0.15, 0.2) is 0 Å². The second-order valence-corrected chi connectivity index (χ2v) is 6.23. The number of nitrogens with zero attached hydrogens (tertiary/aromatic N) is 2. The summed E-state index contributed by atoms with van der Waals surface area (Å²) in [6, 6.07) is 12.2. The van der Waals surface area contributed by atoms with Gasteiger partial charge < -0.3 is 20.7 Å². The molecule has 0 unspecified atom stereocenters. The molecule has 1 aliphatic rings. The Morgan fingerprint density at radius 3 is 2.85 bits per heavy atom. The van der Waals surface area contributed by atoms with Gasteiger partial charge in [0.1, 0.15) is 5.82 Å². The van der Waals surface area contributed by atoms with Crippen LogP contribution in [0.25, 0.3) is 6.08 Å². The van der Waals surface area contributed by atoms with E-state index in [0.717, 1.165) is 36.6 Å². The molecule has 0 radical (unpaired) electrons. The lowest BCUT2D eigenvalue weighted by molar-refractivity contribution is -0.137. The molecular weight excluding hydrogens is 328 g/mol. The van der Waals surface area contributed by atoms with Crippen molar-refractivity contribution < 1.29 is 9.53 Å². The van der Waals surface area contributed by atoms with Crippen molar-refractivity contribution in [3.63, 3.8) is 0 Å². The van der Waals surface area contributed by atoms with Gasteiger partial charge in [-0.1, -0.05) is 0 Å². The van der Waals surface area contributed by atoms with Gasteiger partial charge in [0.25, 0.3) is 0 Å². The molecule has 6 nitrogen and oxygen atoms in total. The number of hydrogen-bond acceptors (Lipinski definition) is 6. The van der Waals surface area contributed by atoms with E-state index in [1.807, 2.05) is 24.3 Å². The predicted molar refractivity (Wildman–Crippen MR) is 105 cm³/mol. The molecular formula is C20H24N4O2. The van der Waals surface area contributed by atoms with E-state index < -0.39 is 0 Å². The molecule has 2 aromatic rings. The highest BCUT2D eigenvalue weighted by Gasteiger charge is 2.22.